The van der Waals surface area contributed by atoms with Crippen molar-refractivity contribution in [3.05, 3.63) is 225 Å². The zero-order valence-electron chi connectivity index (χ0n) is 32.1. The lowest BCUT2D eigenvalue weighted by atomic mass is 9.98. The van der Waals surface area contributed by atoms with Crippen molar-refractivity contribution in [1.82, 2.24) is 4.98 Å². The van der Waals surface area contributed by atoms with E-state index in [4.69, 9.17) is 4.42 Å². The average Bonchev–Trinajstić information content (AvgIpc) is 3.69. The highest BCUT2D eigenvalue weighted by atomic mass is 16.3. The van der Waals surface area contributed by atoms with Gasteiger partial charge in [0, 0.05) is 68.1 Å². The van der Waals surface area contributed by atoms with Crippen LogP contribution < -0.4 is 9.80 Å². The first kappa shape index (κ1) is 34.3. The molecule has 0 aliphatic heterocycles. The van der Waals surface area contributed by atoms with E-state index in [0.717, 1.165) is 94.5 Å². The second-order valence-electron chi connectivity index (χ2n) is 14.9. The Kier molecular flexibility index (Phi) is 8.45. The Balaban J connectivity index is 1.06. The molecule has 0 radical (unpaired) electrons. The van der Waals surface area contributed by atoms with Crippen LogP contribution in [-0.2, 0) is 0 Å². The first-order valence-electron chi connectivity index (χ1n) is 19.9. The number of hydrogen-bond acceptors (Lipinski definition) is 4. The normalized spacial score (nSPS) is 11.4. The Hall–Kier alpha value is -7.95. The van der Waals surface area contributed by atoms with Gasteiger partial charge >= 0.3 is 0 Å². The number of furan rings is 1. The van der Waals surface area contributed by atoms with Crippen LogP contribution in [-0.4, -0.2) is 4.98 Å². The Morgan fingerprint density at radius 1 is 0.322 bits per heavy atom. The predicted octanol–water partition coefficient (Wildman–Crippen LogP) is 15.6. The molecule has 0 spiro atoms. The van der Waals surface area contributed by atoms with E-state index < -0.39 is 0 Å². The zero-order chi connectivity index (χ0) is 39.1. The zero-order valence-corrected chi connectivity index (χ0v) is 32.1. The fourth-order valence-electron chi connectivity index (χ4n) is 8.39. The van der Waals surface area contributed by atoms with Crippen LogP contribution in [0.5, 0.6) is 0 Å². The van der Waals surface area contributed by atoms with Gasteiger partial charge in [0.1, 0.15) is 11.2 Å². The molecule has 11 aromatic rings. The Labute approximate surface area is 342 Å². The van der Waals surface area contributed by atoms with Crippen LogP contribution in [0.15, 0.2) is 229 Å². The molecule has 0 unspecified atom stereocenters. The van der Waals surface area contributed by atoms with Gasteiger partial charge < -0.3 is 14.2 Å². The van der Waals surface area contributed by atoms with E-state index in [1.165, 1.54) is 5.39 Å². The molecule has 11 rings (SSSR count). The number of aromatic nitrogens is 1. The number of pyridine rings is 1. The van der Waals surface area contributed by atoms with Gasteiger partial charge in [-0.05, 0) is 124 Å². The molecule has 0 fully saturated rings. The number of para-hydroxylation sites is 3. The molecular weight excluding hydrogens is 719 g/mol. The molecule has 2 aromatic heterocycles. The van der Waals surface area contributed by atoms with Gasteiger partial charge in [-0.25, -0.2) is 0 Å². The molecule has 9 aromatic carbocycles. The van der Waals surface area contributed by atoms with Gasteiger partial charge in [0.15, 0.2) is 0 Å². The second kappa shape index (κ2) is 14.5. The highest BCUT2D eigenvalue weighted by Gasteiger charge is 2.20. The minimum Gasteiger partial charge on any atom is -0.455 e. The maximum atomic E-state index is 6.55. The topological polar surface area (TPSA) is 32.5 Å². The molecule has 4 heteroatoms. The van der Waals surface area contributed by atoms with Gasteiger partial charge in [0.25, 0.3) is 0 Å². The molecule has 4 nitrogen and oxygen atoms in total. The third kappa shape index (κ3) is 6.34. The standard InChI is InChI=1S/C55H37N3O/c1-4-13-45(14-5-1)57(46-15-6-2-7-16-46)49-33-44(34-50(36-49)58(47-17-8-3-9-18-47)48-27-24-43-37-56-31-30-42(43)32-48)39-22-20-38(21-23-39)41-26-28-52-53-29-25-40-12-10-11-19-51(40)55(53)59-54(52)35-41/h1-37H. The van der Waals surface area contributed by atoms with E-state index in [9.17, 15) is 0 Å². The van der Waals surface area contributed by atoms with Crippen LogP contribution in [0.3, 0.4) is 0 Å². The molecule has 0 bridgehead atoms. The van der Waals surface area contributed by atoms with Crippen molar-refractivity contribution >= 4 is 77.6 Å². The molecule has 0 atom stereocenters. The molecule has 2 heterocycles. The summed E-state index contributed by atoms with van der Waals surface area (Å²) >= 11 is 0. The first-order valence-corrected chi connectivity index (χ1v) is 19.9. The van der Waals surface area contributed by atoms with E-state index in [2.05, 4.69) is 227 Å². The predicted molar refractivity (Wildman–Crippen MR) is 247 cm³/mol. The number of nitrogens with zero attached hydrogens (tertiary/aromatic N) is 3. The number of hydrogen-bond donors (Lipinski definition) is 0. The Morgan fingerprint density at radius 3 is 1.56 bits per heavy atom. The summed E-state index contributed by atoms with van der Waals surface area (Å²) in [5.74, 6) is 0. The van der Waals surface area contributed by atoms with Crippen LogP contribution >= 0.6 is 0 Å². The molecule has 0 saturated heterocycles. The van der Waals surface area contributed by atoms with Crippen molar-refractivity contribution in [1.29, 1.82) is 0 Å². The molecule has 278 valence electrons. The molecule has 0 aliphatic carbocycles. The summed E-state index contributed by atoms with van der Waals surface area (Å²) in [7, 11) is 0. The van der Waals surface area contributed by atoms with Gasteiger partial charge in [-0.2, -0.15) is 0 Å². The van der Waals surface area contributed by atoms with Crippen molar-refractivity contribution < 1.29 is 4.42 Å². The quantitative estimate of drug-likeness (QED) is 0.155. The average molecular weight is 756 g/mol. The molecular formula is C55H37N3O. The lowest BCUT2D eigenvalue weighted by molar-refractivity contribution is 0.673. The van der Waals surface area contributed by atoms with Crippen molar-refractivity contribution in [2.45, 2.75) is 0 Å². The molecule has 0 aliphatic rings. The summed E-state index contributed by atoms with van der Waals surface area (Å²) < 4.78 is 6.55. The Morgan fingerprint density at radius 2 is 0.881 bits per heavy atom. The highest BCUT2D eigenvalue weighted by Crippen LogP contribution is 2.44. The van der Waals surface area contributed by atoms with Gasteiger partial charge in [0.2, 0.25) is 0 Å². The summed E-state index contributed by atoms with van der Waals surface area (Å²) in [6, 6.07) is 75.6. The molecule has 0 saturated carbocycles. The maximum Gasteiger partial charge on any atom is 0.143 e. The third-order valence-corrected chi connectivity index (χ3v) is 11.3. The lowest BCUT2D eigenvalue weighted by Gasteiger charge is -2.30. The fraction of sp³-hybridized carbons (Fsp3) is 0. The number of rotatable bonds is 8. The molecule has 0 N–H and O–H groups in total. The van der Waals surface area contributed by atoms with Crippen molar-refractivity contribution in [2.24, 2.45) is 0 Å². The fourth-order valence-corrected chi connectivity index (χ4v) is 8.39. The largest absolute Gasteiger partial charge is 0.455 e. The van der Waals surface area contributed by atoms with Crippen molar-refractivity contribution in [2.75, 3.05) is 9.80 Å². The van der Waals surface area contributed by atoms with E-state index in [-0.39, 0.29) is 0 Å². The third-order valence-electron chi connectivity index (χ3n) is 11.3. The number of fused-ring (bicyclic) bond motifs is 6. The minimum atomic E-state index is 0.892. The van der Waals surface area contributed by atoms with E-state index >= 15 is 0 Å². The highest BCUT2D eigenvalue weighted by molar-refractivity contribution is 6.15. The van der Waals surface area contributed by atoms with Crippen LogP contribution in [0.4, 0.5) is 34.1 Å². The summed E-state index contributed by atoms with van der Waals surface area (Å²) in [4.78, 5) is 9.06. The minimum absolute atomic E-state index is 0.892. The Bertz CT molecular complexity index is 3230. The molecule has 59 heavy (non-hydrogen) atoms. The van der Waals surface area contributed by atoms with Gasteiger partial charge in [-0.1, -0.05) is 121 Å². The smallest absolute Gasteiger partial charge is 0.143 e. The van der Waals surface area contributed by atoms with Crippen molar-refractivity contribution in [3.8, 4) is 22.3 Å². The van der Waals surface area contributed by atoms with Crippen LogP contribution in [0.2, 0.25) is 0 Å². The summed E-state index contributed by atoms with van der Waals surface area (Å²) in [6.07, 6.45) is 3.78. The molecule has 0 amide bonds. The summed E-state index contributed by atoms with van der Waals surface area (Å²) in [6.45, 7) is 0. The SMILES string of the molecule is c1ccc(N(c2ccccc2)c2cc(-c3ccc(-c4ccc5c(c4)oc4c6ccccc6ccc54)cc3)cc(N(c3ccccc3)c3ccc4cnccc4c3)c2)cc1. The number of benzene rings is 9. The van der Waals surface area contributed by atoms with Crippen LogP contribution in [0.25, 0.3) is 65.7 Å². The van der Waals surface area contributed by atoms with Gasteiger partial charge in [-0.3, -0.25) is 4.98 Å². The first-order chi connectivity index (χ1) is 29.2. The van der Waals surface area contributed by atoms with Gasteiger partial charge in [0.05, 0.1) is 0 Å². The maximum absolute atomic E-state index is 6.55. The second-order valence-corrected chi connectivity index (χ2v) is 14.9. The van der Waals surface area contributed by atoms with E-state index in [1.807, 2.05) is 12.4 Å². The van der Waals surface area contributed by atoms with Crippen LogP contribution in [0.1, 0.15) is 0 Å². The van der Waals surface area contributed by atoms with E-state index in [0.29, 0.717) is 0 Å². The summed E-state index contributed by atoms with van der Waals surface area (Å²) in [5.41, 5.74) is 12.7. The lowest BCUT2D eigenvalue weighted by Crippen LogP contribution is -2.13. The monoisotopic (exact) mass is 755 g/mol. The van der Waals surface area contributed by atoms with Crippen LogP contribution in [0, 0.1) is 0 Å². The van der Waals surface area contributed by atoms with Crippen molar-refractivity contribution in [3.63, 3.8) is 0 Å². The summed E-state index contributed by atoms with van der Waals surface area (Å²) in [5, 5.41) is 6.82. The van der Waals surface area contributed by atoms with Gasteiger partial charge in [-0.15, -0.1) is 0 Å². The number of anilines is 6. The van der Waals surface area contributed by atoms with E-state index in [1.54, 1.807) is 0 Å².